The van der Waals surface area contributed by atoms with Gasteiger partial charge in [0.15, 0.2) is 0 Å². The summed E-state index contributed by atoms with van der Waals surface area (Å²) in [7, 11) is 1.40. The van der Waals surface area contributed by atoms with Crippen LogP contribution in [0.5, 0.6) is 0 Å². The van der Waals surface area contributed by atoms with Crippen molar-refractivity contribution in [1.82, 2.24) is 15.5 Å². The summed E-state index contributed by atoms with van der Waals surface area (Å²) in [6, 6.07) is -1.82. The monoisotopic (exact) mass is 283 g/mol. The van der Waals surface area contributed by atoms with Crippen LogP contribution in [0.25, 0.3) is 0 Å². The first kappa shape index (κ1) is 17.8. The van der Waals surface area contributed by atoms with Gasteiger partial charge in [-0.3, -0.25) is 4.79 Å². The molecule has 7 nitrogen and oxygen atoms in total. The van der Waals surface area contributed by atoms with Gasteiger partial charge in [-0.05, 0) is 5.92 Å². The SMILES string of the molecule is C#CCC(NC(=O)N(C)CC(=O)NCC(C)C)C(=O)O. The minimum atomic E-state index is -1.21. The van der Waals surface area contributed by atoms with Crippen LogP contribution < -0.4 is 10.6 Å². The van der Waals surface area contributed by atoms with Gasteiger partial charge in [0.2, 0.25) is 5.91 Å². The fourth-order valence-corrected chi connectivity index (χ4v) is 1.24. The number of rotatable bonds is 7. The van der Waals surface area contributed by atoms with Gasteiger partial charge in [0.25, 0.3) is 0 Å². The third kappa shape index (κ3) is 7.26. The minimum Gasteiger partial charge on any atom is -0.480 e. The summed E-state index contributed by atoms with van der Waals surface area (Å²) in [6.07, 6.45) is 4.91. The lowest BCUT2D eigenvalue weighted by Crippen LogP contribution is -2.49. The normalized spacial score (nSPS) is 11.3. The van der Waals surface area contributed by atoms with Crippen molar-refractivity contribution in [2.75, 3.05) is 20.1 Å². The lowest BCUT2D eigenvalue weighted by molar-refractivity contribution is -0.139. The summed E-state index contributed by atoms with van der Waals surface area (Å²) < 4.78 is 0. The van der Waals surface area contributed by atoms with Crippen LogP contribution in [0, 0.1) is 18.3 Å². The van der Waals surface area contributed by atoms with Crippen LogP contribution in [-0.4, -0.2) is 54.1 Å². The predicted octanol–water partition coefficient (Wildman–Crippen LogP) is -0.123. The van der Waals surface area contributed by atoms with E-state index in [9.17, 15) is 14.4 Å². The third-order valence-corrected chi connectivity index (χ3v) is 2.35. The largest absolute Gasteiger partial charge is 0.480 e. The molecule has 20 heavy (non-hydrogen) atoms. The summed E-state index contributed by atoms with van der Waals surface area (Å²) in [4.78, 5) is 35.2. The molecule has 0 rings (SSSR count). The second kappa shape index (κ2) is 8.80. The first-order valence-corrected chi connectivity index (χ1v) is 6.22. The van der Waals surface area contributed by atoms with Gasteiger partial charge in [-0.15, -0.1) is 12.3 Å². The van der Waals surface area contributed by atoms with E-state index in [0.717, 1.165) is 4.90 Å². The van der Waals surface area contributed by atoms with E-state index in [1.54, 1.807) is 0 Å². The van der Waals surface area contributed by atoms with E-state index in [2.05, 4.69) is 16.6 Å². The summed E-state index contributed by atoms with van der Waals surface area (Å²) >= 11 is 0. The number of nitrogens with one attached hydrogen (secondary N) is 2. The number of carboxylic acid groups (broad SMARTS) is 1. The van der Waals surface area contributed by atoms with E-state index in [-0.39, 0.29) is 18.9 Å². The number of amides is 3. The number of likely N-dealkylation sites (N-methyl/N-ethyl adjacent to an activating group) is 1. The van der Waals surface area contributed by atoms with Crippen molar-refractivity contribution in [2.24, 2.45) is 5.92 Å². The molecule has 0 aromatic carbocycles. The van der Waals surface area contributed by atoms with Gasteiger partial charge in [-0.1, -0.05) is 13.8 Å². The molecule has 0 aromatic heterocycles. The van der Waals surface area contributed by atoms with E-state index in [1.807, 2.05) is 13.8 Å². The number of hydrogen-bond donors (Lipinski definition) is 3. The topological polar surface area (TPSA) is 98.7 Å². The molecular formula is C13H21N3O4. The molecule has 0 heterocycles. The van der Waals surface area contributed by atoms with Gasteiger partial charge < -0.3 is 20.6 Å². The highest BCUT2D eigenvalue weighted by Gasteiger charge is 2.21. The summed E-state index contributed by atoms with van der Waals surface area (Å²) in [5.74, 6) is 0.965. The Morgan fingerprint density at radius 3 is 2.40 bits per heavy atom. The van der Waals surface area contributed by atoms with Gasteiger partial charge >= 0.3 is 12.0 Å². The van der Waals surface area contributed by atoms with Crippen LogP contribution >= 0.6 is 0 Å². The molecule has 1 unspecified atom stereocenters. The Morgan fingerprint density at radius 2 is 1.95 bits per heavy atom. The zero-order valence-corrected chi connectivity index (χ0v) is 12.0. The molecule has 112 valence electrons. The molecule has 0 aliphatic heterocycles. The van der Waals surface area contributed by atoms with Gasteiger partial charge in [0.05, 0.1) is 0 Å². The number of hydrogen-bond acceptors (Lipinski definition) is 3. The quantitative estimate of drug-likeness (QED) is 0.567. The maximum atomic E-state index is 11.7. The molecule has 0 radical (unpaired) electrons. The Hall–Kier alpha value is -2.23. The molecule has 0 aliphatic rings. The highest BCUT2D eigenvalue weighted by atomic mass is 16.4. The van der Waals surface area contributed by atoms with Crippen molar-refractivity contribution in [3.63, 3.8) is 0 Å². The van der Waals surface area contributed by atoms with Crippen molar-refractivity contribution in [1.29, 1.82) is 0 Å². The van der Waals surface area contributed by atoms with E-state index in [4.69, 9.17) is 11.5 Å². The Kier molecular flexibility index (Phi) is 7.82. The number of aliphatic carboxylic acids is 1. The smallest absolute Gasteiger partial charge is 0.327 e. The van der Waals surface area contributed by atoms with Gasteiger partial charge in [0.1, 0.15) is 12.6 Å². The molecule has 0 aliphatic carbocycles. The number of carbonyl (C=O) groups is 3. The average Bonchev–Trinajstić information content (AvgIpc) is 2.35. The molecule has 7 heteroatoms. The fourth-order valence-electron chi connectivity index (χ4n) is 1.24. The standard InChI is InChI=1S/C13H21N3O4/c1-5-6-10(12(18)19)15-13(20)16(4)8-11(17)14-7-9(2)3/h1,9-10H,6-8H2,2-4H3,(H,14,17)(H,15,20)(H,18,19). The zero-order valence-electron chi connectivity index (χ0n) is 12.0. The Morgan fingerprint density at radius 1 is 1.35 bits per heavy atom. The molecule has 1 atom stereocenters. The van der Waals surface area contributed by atoms with Crippen molar-refractivity contribution in [3.05, 3.63) is 0 Å². The van der Waals surface area contributed by atoms with Crippen LogP contribution in [0.2, 0.25) is 0 Å². The molecule has 3 N–H and O–H groups in total. The Bertz CT molecular complexity index is 401. The number of urea groups is 1. The van der Waals surface area contributed by atoms with Crippen molar-refractivity contribution >= 4 is 17.9 Å². The Labute approximate surface area is 118 Å². The van der Waals surface area contributed by atoms with Crippen LogP contribution in [0.15, 0.2) is 0 Å². The molecule has 0 saturated carbocycles. The van der Waals surface area contributed by atoms with Gasteiger partial charge in [0, 0.05) is 20.0 Å². The minimum absolute atomic E-state index is 0.117. The lowest BCUT2D eigenvalue weighted by Gasteiger charge is -2.20. The Balaban J connectivity index is 4.30. The van der Waals surface area contributed by atoms with E-state index >= 15 is 0 Å². The summed E-state index contributed by atoms with van der Waals surface area (Å²) in [6.45, 7) is 4.27. The second-order valence-electron chi connectivity index (χ2n) is 4.80. The maximum absolute atomic E-state index is 11.7. The van der Waals surface area contributed by atoms with E-state index in [1.165, 1.54) is 7.05 Å². The highest BCUT2D eigenvalue weighted by molar-refractivity contribution is 5.86. The molecule has 0 aromatic rings. The molecule has 0 saturated heterocycles. The van der Waals surface area contributed by atoms with Gasteiger partial charge in [-0.25, -0.2) is 9.59 Å². The van der Waals surface area contributed by atoms with Crippen molar-refractivity contribution < 1.29 is 19.5 Å². The maximum Gasteiger partial charge on any atom is 0.327 e. The number of terminal acetylenes is 1. The first-order valence-electron chi connectivity index (χ1n) is 6.22. The molecule has 0 fully saturated rings. The number of carbonyl (C=O) groups excluding carboxylic acids is 2. The fraction of sp³-hybridized carbons (Fsp3) is 0.615. The number of nitrogens with zero attached hydrogens (tertiary/aromatic N) is 1. The first-order chi connectivity index (χ1) is 9.27. The molecular weight excluding hydrogens is 262 g/mol. The molecule has 0 spiro atoms. The number of carboxylic acids is 1. The predicted molar refractivity (Wildman–Crippen MR) is 73.9 cm³/mol. The summed E-state index contributed by atoms with van der Waals surface area (Å²) in [5, 5.41) is 13.8. The van der Waals surface area contributed by atoms with Crippen LogP contribution in [0.3, 0.4) is 0 Å². The van der Waals surface area contributed by atoms with Gasteiger partial charge in [-0.2, -0.15) is 0 Å². The highest BCUT2D eigenvalue weighted by Crippen LogP contribution is 1.94. The lowest BCUT2D eigenvalue weighted by atomic mass is 10.2. The third-order valence-electron chi connectivity index (χ3n) is 2.35. The second-order valence-corrected chi connectivity index (χ2v) is 4.80. The van der Waals surface area contributed by atoms with Crippen molar-refractivity contribution in [2.45, 2.75) is 26.3 Å². The zero-order chi connectivity index (χ0) is 15.7. The molecule has 0 bridgehead atoms. The van der Waals surface area contributed by atoms with E-state index < -0.39 is 18.0 Å². The van der Waals surface area contributed by atoms with Crippen LogP contribution in [-0.2, 0) is 9.59 Å². The average molecular weight is 283 g/mol. The summed E-state index contributed by atoms with van der Waals surface area (Å²) in [5.41, 5.74) is 0. The molecule has 3 amide bonds. The van der Waals surface area contributed by atoms with Crippen LogP contribution in [0.4, 0.5) is 4.79 Å². The van der Waals surface area contributed by atoms with Crippen molar-refractivity contribution in [3.8, 4) is 12.3 Å². The van der Waals surface area contributed by atoms with E-state index in [0.29, 0.717) is 12.5 Å². The van der Waals surface area contributed by atoms with Crippen LogP contribution in [0.1, 0.15) is 20.3 Å².